The summed E-state index contributed by atoms with van der Waals surface area (Å²) < 4.78 is 17.1. The van der Waals surface area contributed by atoms with Crippen LogP contribution in [0.3, 0.4) is 0 Å². The minimum Gasteiger partial charge on any atom is -0.508 e. The van der Waals surface area contributed by atoms with Crippen molar-refractivity contribution < 1.29 is 24.4 Å². The second-order valence-corrected chi connectivity index (χ2v) is 5.84. The van der Waals surface area contributed by atoms with Crippen molar-refractivity contribution in [2.75, 3.05) is 13.2 Å². The molecule has 0 radical (unpaired) electrons. The number of para-hydroxylation sites is 2. The highest BCUT2D eigenvalue weighted by Crippen LogP contribution is 2.43. The third-order valence-corrected chi connectivity index (χ3v) is 4.17. The molecule has 2 aromatic rings. The predicted octanol–water partition coefficient (Wildman–Crippen LogP) is 2.69. The van der Waals surface area contributed by atoms with Crippen LogP contribution in [0.5, 0.6) is 11.5 Å². The van der Waals surface area contributed by atoms with Gasteiger partial charge in [0.2, 0.25) is 0 Å². The Balaban J connectivity index is 1.65. The average Bonchev–Trinajstić information content (AvgIpc) is 3.44. The van der Waals surface area contributed by atoms with Crippen LogP contribution in [0.25, 0.3) is 0 Å². The Bertz CT molecular complexity index is 634. The van der Waals surface area contributed by atoms with Gasteiger partial charge in [-0.05, 0) is 12.1 Å². The van der Waals surface area contributed by atoms with Gasteiger partial charge in [0.1, 0.15) is 35.9 Å². The van der Waals surface area contributed by atoms with E-state index in [1.54, 1.807) is 24.3 Å². The summed E-state index contributed by atoms with van der Waals surface area (Å²) in [6.07, 6.45) is -0.971. The number of aromatic hydroxyl groups is 2. The topological polar surface area (TPSA) is 74.8 Å². The van der Waals surface area contributed by atoms with Crippen molar-refractivity contribution in [2.45, 2.75) is 24.4 Å². The van der Waals surface area contributed by atoms with E-state index in [1.807, 2.05) is 24.3 Å². The summed E-state index contributed by atoms with van der Waals surface area (Å²) in [7, 11) is 0. The summed E-state index contributed by atoms with van der Waals surface area (Å²) in [5, 5.41) is 20.3. The van der Waals surface area contributed by atoms with E-state index in [2.05, 4.69) is 0 Å². The maximum atomic E-state index is 10.1. The molecule has 2 aliphatic heterocycles. The highest BCUT2D eigenvalue weighted by molar-refractivity contribution is 5.37. The molecule has 0 aliphatic carbocycles. The zero-order valence-electron chi connectivity index (χ0n) is 12.5. The van der Waals surface area contributed by atoms with Crippen LogP contribution in [0, 0.1) is 0 Å². The zero-order valence-corrected chi connectivity index (χ0v) is 12.5. The molecule has 0 spiro atoms. The van der Waals surface area contributed by atoms with Gasteiger partial charge in [-0.15, -0.1) is 0 Å². The molecule has 2 heterocycles. The molecule has 0 bridgehead atoms. The molecule has 5 nitrogen and oxygen atoms in total. The predicted molar refractivity (Wildman–Crippen MR) is 82.3 cm³/mol. The van der Waals surface area contributed by atoms with Crippen molar-refractivity contribution >= 4 is 0 Å². The number of ether oxygens (including phenoxy) is 3. The van der Waals surface area contributed by atoms with Gasteiger partial charge in [-0.1, -0.05) is 36.4 Å². The van der Waals surface area contributed by atoms with Crippen molar-refractivity contribution in [1.29, 1.82) is 0 Å². The van der Waals surface area contributed by atoms with Gasteiger partial charge in [0.15, 0.2) is 0 Å². The van der Waals surface area contributed by atoms with Crippen LogP contribution in [0.2, 0.25) is 0 Å². The third-order valence-electron chi connectivity index (χ3n) is 4.17. The lowest BCUT2D eigenvalue weighted by molar-refractivity contribution is -0.0436. The summed E-state index contributed by atoms with van der Waals surface area (Å²) in [5.41, 5.74) is 1.38. The van der Waals surface area contributed by atoms with E-state index in [1.165, 1.54) is 0 Å². The fourth-order valence-electron chi connectivity index (χ4n) is 2.80. The van der Waals surface area contributed by atoms with Crippen molar-refractivity contribution in [2.24, 2.45) is 0 Å². The standard InChI is InChI=1S/C18H18O5/c19-13-7-3-1-5-11(13)17(15-9-21-15)23-18(16-10-22-16)12-6-2-4-8-14(12)20/h1-8,15-20H,9-10H2. The normalized spacial score (nSPS) is 24.9. The summed E-state index contributed by atoms with van der Waals surface area (Å²) in [6.45, 7) is 1.19. The van der Waals surface area contributed by atoms with E-state index in [-0.39, 0.29) is 23.7 Å². The van der Waals surface area contributed by atoms with E-state index in [4.69, 9.17) is 14.2 Å². The van der Waals surface area contributed by atoms with E-state index in [9.17, 15) is 10.2 Å². The summed E-state index contributed by atoms with van der Waals surface area (Å²) in [6, 6.07) is 14.2. The van der Waals surface area contributed by atoms with Crippen molar-refractivity contribution in [3.05, 3.63) is 59.7 Å². The number of phenols is 2. The number of epoxide rings is 2. The molecule has 5 heteroatoms. The van der Waals surface area contributed by atoms with Gasteiger partial charge in [-0.2, -0.15) is 0 Å². The second-order valence-electron chi connectivity index (χ2n) is 5.84. The quantitative estimate of drug-likeness (QED) is 0.802. The molecule has 2 saturated heterocycles. The first kappa shape index (κ1) is 14.5. The van der Waals surface area contributed by atoms with Crippen LogP contribution in [0.4, 0.5) is 0 Å². The number of hydrogen-bond acceptors (Lipinski definition) is 5. The van der Waals surface area contributed by atoms with Crippen molar-refractivity contribution in [1.82, 2.24) is 0 Å². The van der Waals surface area contributed by atoms with Gasteiger partial charge in [-0.3, -0.25) is 0 Å². The highest BCUT2D eigenvalue weighted by atomic mass is 16.6. The van der Waals surface area contributed by atoms with E-state index in [0.29, 0.717) is 24.3 Å². The Morgan fingerprint density at radius 2 is 1.17 bits per heavy atom. The number of phenolic OH excluding ortho intramolecular Hbond substituents is 2. The minimum atomic E-state index is -0.398. The first-order chi connectivity index (χ1) is 11.2. The molecule has 2 aromatic carbocycles. The first-order valence-corrected chi connectivity index (χ1v) is 7.68. The first-order valence-electron chi connectivity index (χ1n) is 7.68. The van der Waals surface area contributed by atoms with Gasteiger partial charge in [0, 0.05) is 11.1 Å². The van der Waals surface area contributed by atoms with Crippen LogP contribution in [-0.4, -0.2) is 35.6 Å². The summed E-state index contributed by atoms with van der Waals surface area (Å²) in [4.78, 5) is 0. The molecule has 23 heavy (non-hydrogen) atoms. The van der Waals surface area contributed by atoms with Crippen LogP contribution in [-0.2, 0) is 14.2 Å². The third kappa shape index (κ3) is 3.03. The molecule has 0 aromatic heterocycles. The smallest absolute Gasteiger partial charge is 0.121 e. The van der Waals surface area contributed by atoms with Gasteiger partial charge in [0.05, 0.1) is 13.2 Å². The molecule has 2 fully saturated rings. The summed E-state index contributed by atoms with van der Waals surface area (Å²) >= 11 is 0. The number of rotatable bonds is 6. The molecular formula is C18H18O5. The second kappa shape index (κ2) is 5.85. The summed E-state index contributed by atoms with van der Waals surface area (Å²) in [5.74, 6) is 0.362. The lowest BCUT2D eigenvalue weighted by Crippen LogP contribution is -2.19. The Kier molecular flexibility index (Phi) is 3.69. The molecule has 0 amide bonds. The van der Waals surface area contributed by atoms with Crippen LogP contribution in [0.1, 0.15) is 23.3 Å². The Morgan fingerprint density at radius 1 is 0.783 bits per heavy atom. The molecule has 4 unspecified atom stereocenters. The molecule has 2 N–H and O–H groups in total. The fraction of sp³-hybridized carbons (Fsp3) is 0.333. The number of benzene rings is 2. The highest BCUT2D eigenvalue weighted by Gasteiger charge is 2.43. The van der Waals surface area contributed by atoms with E-state index in [0.717, 1.165) is 0 Å². The largest absolute Gasteiger partial charge is 0.508 e. The van der Waals surface area contributed by atoms with E-state index < -0.39 is 12.2 Å². The van der Waals surface area contributed by atoms with Crippen LogP contribution >= 0.6 is 0 Å². The SMILES string of the molecule is Oc1ccccc1C(OC(c1ccccc1O)C1CO1)C1CO1. The molecular weight excluding hydrogens is 296 g/mol. The lowest BCUT2D eigenvalue weighted by Gasteiger charge is -2.24. The number of hydrogen-bond donors (Lipinski definition) is 2. The Labute approximate surface area is 134 Å². The molecule has 0 saturated carbocycles. The van der Waals surface area contributed by atoms with Crippen molar-refractivity contribution in [3.8, 4) is 11.5 Å². The fourth-order valence-corrected chi connectivity index (χ4v) is 2.80. The zero-order chi connectivity index (χ0) is 15.8. The van der Waals surface area contributed by atoms with Gasteiger partial charge in [-0.25, -0.2) is 0 Å². The molecule has 4 atom stereocenters. The Morgan fingerprint density at radius 3 is 1.52 bits per heavy atom. The Hall–Kier alpha value is -2.08. The van der Waals surface area contributed by atoms with Crippen LogP contribution in [0.15, 0.2) is 48.5 Å². The van der Waals surface area contributed by atoms with Gasteiger partial charge in [0.25, 0.3) is 0 Å². The molecule has 4 rings (SSSR count). The maximum absolute atomic E-state index is 10.1. The molecule has 120 valence electrons. The maximum Gasteiger partial charge on any atom is 0.121 e. The molecule has 2 aliphatic rings. The average molecular weight is 314 g/mol. The van der Waals surface area contributed by atoms with Crippen molar-refractivity contribution in [3.63, 3.8) is 0 Å². The van der Waals surface area contributed by atoms with Gasteiger partial charge < -0.3 is 24.4 Å². The minimum absolute atomic E-state index is 0.0876. The van der Waals surface area contributed by atoms with E-state index >= 15 is 0 Å². The van der Waals surface area contributed by atoms with Crippen LogP contribution < -0.4 is 0 Å². The monoisotopic (exact) mass is 314 g/mol. The lowest BCUT2D eigenvalue weighted by atomic mass is 10.0. The van der Waals surface area contributed by atoms with Gasteiger partial charge >= 0.3 is 0 Å².